The maximum atomic E-state index is 9.31. The van der Waals surface area contributed by atoms with E-state index in [1.54, 1.807) is 12.1 Å². The lowest BCUT2D eigenvalue weighted by molar-refractivity contribution is 0.475. The average Bonchev–Trinajstić information content (AvgIpc) is 2.56. The van der Waals surface area contributed by atoms with Crippen molar-refractivity contribution in [1.29, 1.82) is 0 Å². The van der Waals surface area contributed by atoms with Crippen molar-refractivity contribution >= 4 is 5.57 Å². The molecule has 1 heteroatoms. The number of phenolic OH excluding ortho intramolecular Hbond substituents is 1. The monoisotopic (exact) mass is 316 g/mol. The molecule has 0 spiro atoms. The lowest BCUT2D eigenvalue weighted by Crippen LogP contribution is -1.83. The SMILES string of the molecule is CCCCCCCCCCCCC/C=C(/C)c1ccc(O)cc1. The van der Waals surface area contributed by atoms with Crippen LogP contribution in [0, 0.1) is 0 Å². The smallest absolute Gasteiger partial charge is 0.115 e. The highest BCUT2D eigenvalue weighted by Crippen LogP contribution is 2.19. The summed E-state index contributed by atoms with van der Waals surface area (Å²) >= 11 is 0. The minimum atomic E-state index is 0.340. The number of hydrogen-bond acceptors (Lipinski definition) is 1. The second-order valence-corrected chi connectivity index (χ2v) is 6.76. The lowest BCUT2D eigenvalue weighted by Gasteiger charge is -2.03. The van der Waals surface area contributed by atoms with Gasteiger partial charge < -0.3 is 5.11 Å². The van der Waals surface area contributed by atoms with Crippen LogP contribution in [0.5, 0.6) is 5.75 Å². The molecule has 0 unspecified atom stereocenters. The van der Waals surface area contributed by atoms with Crippen LogP contribution in [0.15, 0.2) is 30.3 Å². The van der Waals surface area contributed by atoms with Crippen molar-refractivity contribution in [2.75, 3.05) is 0 Å². The Labute approximate surface area is 143 Å². The molecule has 0 saturated carbocycles. The van der Waals surface area contributed by atoms with Crippen LogP contribution in [0.4, 0.5) is 0 Å². The third-order valence-corrected chi connectivity index (χ3v) is 4.58. The fourth-order valence-corrected chi connectivity index (χ4v) is 2.97. The van der Waals surface area contributed by atoms with Gasteiger partial charge in [-0.3, -0.25) is 0 Å². The van der Waals surface area contributed by atoms with Crippen molar-refractivity contribution < 1.29 is 5.11 Å². The van der Waals surface area contributed by atoms with Crippen molar-refractivity contribution in [3.05, 3.63) is 35.9 Å². The number of phenols is 1. The Morgan fingerprint density at radius 3 is 1.78 bits per heavy atom. The van der Waals surface area contributed by atoms with Gasteiger partial charge >= 0.3 is 0 Å². The van der Waals surface area contributed by atoms with E-state index in [0.29, 0.717) is 5.75 Å². The molecule has 130 valence electrons. The zero-order valence-corrected chi connectivity index (χ0v) is 15.3. The Morgan fingerprint density at radius 2 is 1.26 bits per heavy atom. The standard InChI is InChI=1S/C22H36O/c1-3-4-5-6-7-8-9-10-11-12-13-14-15-20(2)21-16-18-22(23)19-17-21/h15-19,23H,3-14H2,1-2H3/b20-15-. The molecule has 0 radical (unpaired) electrons. The van der Waals surface area contributed by atoms with Gasteiger partial charge in [0.15, 0.2) is 0 Å². The molecule has 1 aromatic carbocycles. The Balaban J connectivity index is 1.96. The van der Waals surface area contributed by atoms with E-state index in [4.69, 9.17) is 0 Å². The lowest BCUT2D eigenvalue weighted by atomic mass is 10.0. The summed E-state index contributed by atoms with van der Waals surface area (Å²) in [6, 6.07) is 7.49. The summed E-state index contributed by atoms with van der Waals surface area (Å²) in [7, 11) is 0. The Bertz CT molecular complexity index is 416. The van der Waals surface area contributed by atoms with E-state index in [0.717, 1.165) is 0 Å². The van der Waals surface area contributed by atoms with E-state index >= 15 is 0 Å². The second-order valence-electron chi connectivity index (χ2n) is 6.76. The van der Waals surface area contributed by atoms with Crippen LogP contribution >= 0.6 is 0 Å². The molecule has 1 N–H and O–H groups in total. The summed E-state index contributed by atoms with van der Waals surface area (Å²) in [5, 5.41) is 9.31. The van der Waals surface area contributed by atoms with Gasteiger partial charge in [-0.25, -0.2) is 0 Å². The molecule has 23 heavy (non-hydrogen) atoms. The van der Waals surface area contributed by atoms with Crippen LogP contribution in [0.25, 0.3) is 5.57 Å². The third kappa shape index (κ3) is 10.2. The number of aromatic hydroxyl groups is 1. The molecular weight excluding hydrogens is 280 g/mol. The second kappa shape index (κ2) is 13.2. The summed E-state index contributed by atoms with van der Waals surface area (Å²) in [6.07, 6.45) is 18.9. The van der Waals surface area contributed by atoms with Crippen molar-refractivity contribution in [1.82, 2.24) is 0 Å². The first-order chi connectivity index (χ1) is 11.2. The molecule has 0 atom stereocenters. The van der Waals surface area contributed by atoms with Gasteiger partial charge in [-0.05, 0) is 43.0 Å². The highest BCUT2D eigenvalue weighted by atomic mass is 16.3. The van der Waals surface area contributed by atoms with Crippen molar-refractivity contribution in [2.45, 2.75) is 90.9 Å². The van der Waals surface area contributed by atoms with Crippen LogP contribution in [0.1, 0.15) is 96.5 Å². The first-order valence-corrected chi connectivity index (χ1v) is 9.70. The molecule has 0 bridgehead atoms. The van der Waals surface area contributed by atoms with E-state index in [-0.39, 0.29) is 0 Å². The van der Waals surface area contributed by atoms with E-state index in [9.17, 15) is 5.11 Å². The predicted octanol–water partition coefficient (Wildman–Crippen LogP) is 7.50. The number of allylic oxidation sites excluding steroid dienone is 2. The van der Waals surface area contributed by atoms with Gasteiger partial charge in [0.2, 0.25) is 0 Å². The Kier molecular flexibility index (Phi) is 11.4. The minimum Gasteiger partial charge on any atom is -0.508 e. The Morgan fingerprint density at radius 1 is 0.783 bits per heavy atom. The summed E-state index contributed by atoms with van der Waals surface area (Å²) in [6.45, 7) is 4.44. The molecule has 0 fully saturated rings. The molecule has 1 nitrogen and oxygen atoms in total. The largest absolute Gasteiger partial charge is 0.508 e. The van der Waals surface area contributed by atoms with E-state index in [2.05, 4.69) is 19.9 Å². The zero-order chi connectivity index (χ0) is 16.8. The normalized spacial score (nSPS) is 11.8. The fraction of sp³-hybridized carbons (Fsp3) is 0.636. The first kappa shape index (κ1) is 19.8. The zero-order valence-electron chi connectivity index (χ0n) is 15.3. The molecule has 0 aliphatic rings. The van der Waals surface area contributed by atoms with Gasteiger partial charge in [-0.2, -0.15) is 0 Å². The van der Waals surface area contributed by atoms with Crippen LogP contribution in [0.3, 0.4) is 0 Å². The summed E-state index contributed by atoms with van der Waals surface area (Å²) in [5.74, 6) is 0.340. The van der Waals surface area contributed by atoms with Crippen LogP contribution in [-0.2, 0) is 0 Å². The average molecular weight is 317 g/mol. The van der Waals surface area contributed by atoms with E-state index in [1.165, 1.54) is 88.2 Å². The number of benzene rings is 1. The number of rotatable bonds is 13. The minimum absolute atomic E-state index is 0.340. The fourth-order valence-electron chi connectivity index (χ4n) is 2.97. The molecule has 0 heterocycles. The van der Waals surface area contributed by atoms with Gasteiger partial charge in [-0.15, -0.1) is 0 Å². The topological polar surface area (TPSA) is 20.2 Å². The van der Waals surface area contributed by atoms with Crippen LogP contribution in [-0.4, -0.2) is 5.11 Å². The Hall–Kier alpha value is -1.24. The molecule has 0 saturated heterocycles. The molecule has 1 aromatic rings. The third-order valence-electron chi connectivity index (χ3n) is 4.58. The van der Waals surface area contributed by atoms with Gasteiger partial charge in [0, 0.05) is 0 Å². The molecule has 0 aliphatic carbocycles. The van der Waals surface area contributed by atoms with Gasteiger partial charge in [0.25, 0.3) is 0 Å². The first-order valence-electron chi connectivity index (χ1n) is 9.70. The number of hydrogen-bond donors (Lipinski definition) is 1. The summed E-state index contributed by atoms with van der Waals surface area (Å²) in [5.41, 5.74) is 2.53. The van der Waals surface area contributed by atoms with Gasteiger partial charge in [0.05, 0.1) is 0 Å². The van der Waals surface area contributed by atoms with Crippen molar-refractivity contribution in [3.8, 4) is 5.75 Å². The maximum Gasteiger partial charge on any atom is 0.115 e. The van der Waals surface area contributed by atoms with Crippen molar-refractivity contribution in [3.63, 3.8) is 0 Å². The quantitative estimate of drug-likeness (QED) is 0.373. The van der Waals surface area contributed by atoms with Crippen molar-refractivity contribution in [2.24, 2.45) is 0 Å². The van der Waals surface area contributed by atoms with Gasteiger partial charge in [0.1, 0.15) is 5.75 Å². The summed E-state index contributed by atoms with van der Waals surface area (Å²) in [4.78, 5) is 0. The molecule has 1 rings (SSSR count). The van der Waals surface area contributed by atoms with Crippen LogP contribution in [0.2, 0.25) is 0 Å². The van der Waals surface area contributed by atoms with E-state index in [1.807, 2.05) is 12.1 Å². The van der Waals surface area contributed by atoms with Gasteiger partial charge in [-0.1, -0.05) is 89.3 Å². The summed E-state index contributed by atoms with van der Waals surface area (Å²) < 4.78 is 0. The highest BCUT2D eigenvalue weighted by molar-refractivity contribution is 5.63. The van der Waals surface area contributed by atoms with E-state index < -0.39 is 0 Å². The predicted molar refractivity (Wildman–Crippen MR) is 103 cm³/mol. The molecule has 0 aromatic heterocycles. The molecular formula is C22H36O. The number of unbranched alkanes of at least 4 members (excludes halogenated alkanes) is 11. The maximum absolute atomic E-state index is 9.31. The molecule has 0 aliphatic heterocycles. The van der Waals surface area contributed by atoms with Crippen LogP contribution < -0.4 is 0 Å². The molecule has 0 amide bonds. The highest BCUT2D eigenvalue weighted by Gasteiger charge is 1.96.